The monoisotopic (exact) mass is 197 g/mol. The molecule has 0 rings (SSSR count). The van der Waals surface area contributed by atoms with Crippen LogP contribution in [0.4, 0.5) is 0 Å². The van der Waals surface area contributed by atoms with Crippen molar-refractivity contribution in [3.05, 3.63) is 0 Å². The van der Waals surface area contributed by atoms with E-state index in [0.717, 1.165) is 26.1 Å². The van der Waals surface area contributed by atoms with E-state index >= 15 is 0 Å². The second kappa shape index (κ2) is 6.00. The summed E-state index contributed by atoms with van der Waals surface area (Å²) in [6.07, 6.45) is 0.938. The highest BCUT2D eigenvalue weighted by atomic mass is 15.1. The van der Waals surface area contributed by atoms with E-state index in [1.54, 1.807) is 0 Å². The third-order valence-electron chi connectivity index (χ3n) is 2.35. The standard InChI is InChI=1S/C11H23N3/c1-11(2,10-12)6-7-14(5)9-8-13(3)4/h6-9H2,1-5H3. The average molecular weight is 197 g/mol. The first kappa shape index (κ1) is 13.4. The van der Waals surface area contributed by atoms with Crippen molar-refractivity contribution in [3.8, 4) is 6.07 Å². The van der Waals surface area contributed by atoms with Crippen LogP contribution in [0.3, 0.4) is 0 Å². The summed E-state index contributed by atoms with van der Waals surface area (Å²) in [4.78, 5) is 4.45. The molecular weight excluding hydrogens is 174 g/mol. The minimum Gasteiger partial charge on any atom is -0.308 e. The normalized spacial score (nSPS) is 12.1. The molecule has 0 radical (unpaired) electrons. The number of nitriles is 1. The van der Waals surface area contributed by atoms with Crippen molar-refractivity contribution in [1.29, 1.82) is 5.26 Å². The van der Waals surface area contributed by atoms with Gasteiger partial charge in [0, 0.05) is 13.1 Å². The Bertz CT molecular complexity index is 191. The molecule has 0 bridgehead atoms. The first-order chi connectivity index (χ1) is 6.37. The molecule has 0 atom stereocenters. The van der Waals surface area contributed by atoms with E-state index in [1.165, 1.54) is 0 Å². The fraction of sp³-hybridized carbons (Fsp3) is 0.909. The zero-order valence-corrected chi connectivity index (χ0v) is 10.2. The Morgan fingerprint density at radius 3 is 2.07 bits per heavy atom. The molecule has 0 amide bonds. The maximum Gasteiger partial charge on any atom is 0.0684 e. The van der Waals surface area contributed by atoms with Gasteiger partial charge in [0.1, 0.15) is 0 Å². The van der Waals surface area contributed by atoms with E-state index in [1.807, 2.05) is 13.8 Å². The Balaban J connectivity index is 3.65. The van der Waals surface area contributed by atoms with Crippen LogP contribution in [0.5, 0.6) is 0 Å². The maximum absolute atomic E-state index is 8.85. The SMILES string of the molecule is CN(C)CCN(C)CCC(C)(C)C#N. The minimum atomic E-state index is -0.188. The molecule has 0 aromatic carbocycles. The molecule has 0 aromatic rings. The fourth-order valence-corrected chi connectivity index (χ4v) is 1.01. The Morgan fingerprint density at radius 1 is 1.07 bits per heavy atom. The Morgan fingerprint density at radius 2 is 1.64 bits per heavy atom. The minimum absolute atomic E-state index is 0.188. The Hall–Kier alpha value is -0.590. The number of hydrogen-bond donors (Lipinski definition) is 0. The van der Waals surface area contributed by atoms with Crippen molar-refractivity contribution in [2.75, 3.05) is 40.8 Å². The molecule has 0 aliphatic carbocycles. The lowest BCUT2D eigenvalue weighted by Crippen LogP contribution is -2.31. The van der Waals surface area contributed by atoms with Gasteiger partial charge < -0.3 is 9.80 Å². The summed E-state index contributed by atoms with van der Waals surface area (Å²) in [6, 6.07) is 2.32. The van der Waals surface area contributed by atoms with E-state index in [9.17, 15) is 0 Å². The lowest BCUT2D eigenvalue weighted by Gasteiger charge is -2.22. The molecule has 0 saturated heterocycles. The number of nitrogens with zero attached hydrogens (tertiary/aromatic N) is 3. The molecule has 0 heterocycles. The van der Waals surface area contributed by atoms with Crippen LogP contribution in [-0.4, -0.2) is 50.6 Å². The predicted octanol–water partition coefficient (Wildman–Crippen LogP) is 1.42. The third kappa shape index (κ3) is 6.88. The lowest BCUT2D eigenvalue weighted by atomic mass is 9.91. The second-order valence-corrected chi connectivity index (χ2v) is 4.85. The average Bonchev–Trinajstić information content (AvgIpc) is 2.11. The van der Waals surface area contributed by atoms with Gasteiger partial charge >= 0.3 is 0 Å². The number of hydrogen-bond acceptors (Lipinski definition) is 3. The second-order valence-electron chi connectivity index (χ2n) is 4.85. The van der Waals surface area contributed by atoms with Crippen molar-refractivity contribution in [2.24, 2.45) is 5.41 Å². The van der Waals surface area contributed by atoms with Crippen LogP contribution in [0, 0.1) is 16.7 Å². The maximum atomic E-state index is 8.85. The van der Waals surface area contributed by atoms with Gasteiger partial charge in [0.2, 0.25) is 0 Å². The summed E-state index contributed by atoms with van der Waals surface area (Å²) >= 11 is 0. The van der Waals surface area contributed by atoms with Gasteiger partial charge in [-0.15, -0.1) is 0 Å². The van der Waals surface area contributed by atoms with Gasteiger partial charge in [-0.25, -0.2) is 0 Å². The highest BCUT2D eigenvalue weighted by Gasteiger charge is 2.16. The lowest BCUT2D eigenvalue weighted by molar-refractivity contribution is 0.255. The van der Waals surface area contributed by atoms with E-state index in [0.29, 0.717) is 0 Å². The van der Waals surface area contributed by atoms with Crippen molar-refractivity contribution in [3.63, 3.8) is 0 Å². The summed E-state index contributed by atoms with van der Waals surface area (Å²) in [7, 11) is 6.26. The van der Waals surface area contributed by atoms with Crippen LogP contribution in [0.1, 0.15) is 20.3 Å². The van der Waals surface area contributed by atoms with Gasteiger partial charge in [0.25, 0.3) is 0 Å². The Kier molecular flexibility index (Phi) is 5.75. The van der Waals surface area contributed by atoms with Gasteiger partial charge in [0.05, 0.1) is 11.5 Å². The molecule has 14 heavy (non-hydrogen) atoms. The topological polar surface area (TPSA) is 30.3 Å². The van der Waals surface area contributed by atoms with E-state index in [-0.39, 0.29) is 5.41 Å². The van der Waals surface area contributed by atoms with Crippen molar-refractivity contribution < 1.29 is 0 Å². The first-order valence-corrected chi connectivity index (χ1v) is 5.12. The summed E-state index contributed by atoms with van der Waals surface area (Å²) < 4.78 is 0. The molecule has 82 valence electrons. The summed E-state index contributed by atoms with van der Waals surface area (Å²) in [5.41, 5.74) is -0.188. The van der Waals surface area contributed by atoms with Crippen LogP contribution in [0.15, 0.2) is 0 Å². The van der Waals surface area contributed by atoms with Gasteiger partial charge in [-0.05, 0) is 48.0 Å². The van der Waals surface area contributed by atoms with Gasteiger partial charge in [-0.3, -0.25) is 0 Å². The van der Waals surface area contributed by atoms with E-state index in [2.05, 4.69) is 37.0 Å². The molecule has 0 aliphatic rings. The number of likely N-dealkylation sites (N-methyl/N-ethyl adjacent to an activating group) is 2. The molecule has 3 nitrogen and oxygen atoms in total. The molecule has 3 heteroatoms. The van der Waals surface area contributed by atoms with Gasteiger partial charge in [-0.2, -0.15) is 5.26 Å². The van der Waals surface area contributed by atoms with Crippen LogP contribution in [0.2, 0.25) is 0 Å². The summed E-state index contributed by atoms with van der Waals surface area (Å²) in [5.74, 6) is 0. The smallest absolute Gasteiger partial charge is 0.0684 e. The zero-order chi connectivity index (χ0) is 11.2. The fourth-order valence-electron chi connectivity index (χ4n) is 1.01. The molecule has 0 unspecified atom stereocenters. The molecule has 0 fully saturated rings. The van der Waals surface area contributed by atoms with Crippen LogP contribution in [-0.2, 0) is 0 Å². The highest BCUT2D eigenvalue weighted by Crippen LogP contribution is 2.18. The van der Waals surface area contributed by atoms with Crippen LogP contribution < -0.4 is 0 Å². The van der Waals surface area contributed by atoms with Crippen molar-refractivity contribution in [2.45, 2.75) is 20.3 Å². The van der Waals surface area contributed by atoms with Gasteiger partial charge in [0.15, 0.2) is 0 Å². The summed E-state index contributed by atoms with van der Waals surface area (Å²) in [6.45, 7) is 7.12. The molecular formula is C11H23N3. The molecule has 0 aliphatic heterocycles. The Labute approximate surface area is 88.3 Å². The molecule has 0 spiro atoms. The highest BCUT2D eigenvalue weighted by molar-refractivity contribution is 4.91. The van der Waals surface area contributed by atoms with Crippen LogP contribution >= 0.6 is 0 Å². The van der Waals surface area contributed by atoms with Gasteiger partial charge in [-0.1, -0.05) is 0 Å². The number of rotatable bonds is 6. The largest absolute Gasteiger partial charge is 0.308 e. The van der Waals surface area contributed by atoms with Crippen molar-refractivity contribution in [1.82, 2.24) is 9.80 Å². The predicted molar refractivity (Wildman–Crippen MR) is 60.1 cm³/mol. The molecule has 0 N–H and O–H groups in total. The zero-order valence-electron chi connectivity index (χ0n) is 10.2. The first-order valence-electron chi connectivity index (χ1n) is 5.12. The van der Waals surface area contributed by atoms with E-state index in [4.69, 9.17) is 5.26 Å². The van der Waals surface area contributed by atoms with E-state index < -0.39 is 0 Å². The summed E-state index contributed by atoms with van der Waals surface area (Å²) in [5, 5.41) is 8.85. The third-order valence-corrected chi connectivity index (χ3v) is 2.35. The van der Waals surface area contributed by atoms with Crippen LogP contribution in [0.25, 0.3) is 0 Å². The molecule has 0 aromatic heterocycles. The van der Waals surface area contributed by atoms with Crippen molar-refractivity contribution >= 4 is 0 Å². The quantitative estimate of drug-likeness (QED) is 0.645. The molecule has 0 saturated carbocycles.